The highest BCUT2D eigenvalue weighted by atomic mass is 16.5. The summed E-state index contributed by atoms with van der Waals surface area (Å²) in [6, 6.07) is 3.94. The number of ether oxygens (including phenoxy) is 1. The number of esters is 1. The molecule has 4 nitrogen and oxygen atoms in total. The van der Waals surface area contributed by atoms with E-state index in [-0.39, 0.29) is 11.4 Å². The fraction of sp³-hybridized carbons (Fsp3) is 0.571. The van der Waals surface area contributed by atoms with Crippen LogP contribution in [0.1, 0.15) is 25.3 Å². The van der Waals surface area contributed by atoms with Crippen molar-refractivity contribution in [2.75, 3.05) is 19.7 Å². The number of piperidine rings is 1. The van der Waals surface area contributed by atoms with Gasteiger partial charge in [-0.3, -0.25) is 9.78 Å². The van der Waals surface area contributed by atoms with Gasteiger partial charge in [0, 0.05) is 12.4 Å². The lowest BCUT2D eigenvalue weighted by atomic mass is 9.74. The molecule has 1 aromatic rings. The number of aromatic nitrogens is 1. The molecule has 2 rings (SSSR count). The van der Waals surface area contributed by atoms with Gasteiger partial charge >= 0.3 is 5.97 Å². The van der Waals surface area contributed by atoms with Gasteiger partial charge in [-0.25, -0.2) is 0 Å². The number of hydrogen-bond acceptors (Lipinski definition) is 4. The normalized spacial score (nSPS) is 18.3. The van der Waals surface area contributed by atoms with Crippen LogP contribution < -0.4 is 5.32 Å². The smallest absolute Gasteiger partial charge is 0.312 e. The lowest BCUT2D eigenvalue weighted by Crippen LogP contribution is -2.44. The van der Waals surface area contributed by atoms with Gasteiger partial charge in [0.25, 0.3) is 0 Å². The Labute approximate surface area is 108 Å². The first-order valence-corrected chi connectivity index (χ1v) is 6.54. The van der Waals surface area contributed by atoms with Crippen molar-refractivity contribution in [1.29, 1.82) is 0 Å². The van der Waals surface area contributed by atoms with Crippen molar-refractivity contribution in [1.82, 2.24) is 10.3 Å². The molecule has 4 heteroatoms. The van der Waals surface area contributed by atoms with E-state index in [2.05, 4.69) is 10.3 Å². The van der Waals surface area contributed by atoms with E-state index >= 15 is 0 Å². The van der Waals surface area contributed by atoms with Crippen molar-refractivity contribution in [3.8, 4) is 0 Å². The topological polar surface area (TPSA) is 51.2 Å². The third-order valence-electron chi connectivity index (χ3n) is 3.53. The molecule has 2 heterocycles. The summed E-state index contributed by atoms with van der Waals surface area (Å²) in [7, 11) is 0. The predicted octanol–water partition coefficient (Wildman–Crippen LogP) is 1.56. The van der Waals surface area contributed by atoms with E-state index in [1.807, 2.05) is 25.3 Å². The van der Waals surface area contributed by atoms with Crippen LogP contribution in [0.15, 0.2) is 24.5 Å². The minimum absolute atomic E-state index is 0.0599. The molecule has 0 atom stereocenters. The minimum Gasteiger partial charge on any atom is -0.466 e. The predicted molar refractivity (Wildman–Crippen MR) is 69.1 cm³/mol. The van der Waals surface area contributed by atoms with Gasteiger partial charge in [-0.05, 0) is 50.9 Å². The van der Waals surface area contributed by atoms with Crippen LogP contribution >= 0.6 is 0 Å². The highest BCUT2D eigenvalue weighted by molar-refractivity contribution is 5.77. The average Bonchev–Trinajstić information content (AvgIpc) is 2.41. The van der Waals surface area contributed by atoms with Crippen molar-refractivity contribution in [2.45, 2.75) is 26.2 Å². The quantitative estimate of drug-likeness (QED) is 0.822. The van der Waals surface area contributed by atoms with E-state index in [1.54, 1.807) is 6.20 Å². The molecule has 0 bridgehead atoms. The molecule has 0 saturated carbocycles. The molecule has 1 saturated heterocycles. The van der Waals surface area contributed by atoms with Crippen molar-refractivity contribution in [3.05, 3.63) is 30.1 Å². The summed E-state index contributed by atoms with van der Waals surface area (Å²) in [4.78, 5) is 16.4. The van der Waals surface area contributed by atoms with Gasteiger partial charge < -0.3 is 10.1 Å². The molecule has 0 aromatic carbocycles. The Morgan fingerprint density at radius 3 is 2.89 bits per heavy atom. The van der Waals surface area contributed by atoms with Gasteiger partial charge in [0.2, 0.25) is 0 Å². The van der Waals surface area contributed by atoms with Crippen LogP contribution in [-0.4, -0.2) is 30.6 Å². The zero-order valence-corrected chi connectivity index (χ0v) is 10.8. The van der Waals surface area contributed by atoms with Crippen LogP contribution in [0.5, 0.6) is 0 Å². The van der Waals surface area contributed by atoms with Crippen molar-refractivity contribution in [3.63, 3.8) is 0 Å². The van der Waals surface area contributed by atoms with E-state index in [0.717, 1.165) is 37.9 Å². The van der Waals surface area contributed by atoms with Gasteiger partial charge in [-0.15, -0.1) is 0 Å². The Hall–Kier alpha value is -1.42. The molecule has 1 aromatic heterocycles. The van der Waals surface area contributed by atoms with Crippen LogP contribution in [0.2, 0.25) is 0 Å². The largest absolute Gasteiger partial charge is 0.466 e. The first-order valence-electron chi connectivity index (χ1n) is 6.54. The van der Waals surface area contributed by atoms with Gasteiger partial charge in [-0.1, -0.05) is 6.07 Å². The molecule has 98 valence electrons. The first-order chi connectivity index (χ1) is 8.77. The maximum absolute atomic E-state index is 12.3. The second kappa shape index (κ2) is 5.96. The molecule has 1 aliphatic heterocycles. The molecule has 0 amide bonds. The number of nitrogens with one attached hydrogen (secondary N) is 1. The van der Waals surface area contributed by atoms with Gasteiger partial charge in [-0.2, -0.15) is 0 Å². The van der Waals surface area contributed by atoms with E-state index in [0.29, 0.717) is 6.61 Å². The summed E-state index contributed by atoms with van der Waals surface area (Å²) in [5, 5.41) is 3.30. The lowest BCUT2D eigenvalue weighted by molar-refractivity contribution is -0.157. The Balaban J connectivity index is 2.16. The molecular formula is C14H20N2O2. The van der Waals surface area contributed by atoms with Gasteiger partial charge in [0.15, 0.2) is 0 Å². The number of hydrogen-bond donors (Lipinski definition) is 1. The molecule has 1 N–H and O–H groups in total. The van der Waals surface area contributed by atoms with E-state index < -0.39 is 0 Å². The molecule has 0 aliphatic carbocycles. The van der Waals surface area contributed by atoms with Crippen LogP contribution in [0.3, 0.4) is 0 Å². The second-order valence-corrected chi connectivity index (χ2v) is 4.79. The van der Waals surface area contributed by atoms with E-state index in [1.165, 1.54) is 0 Å². The van der Waals surface area contributed by atoms with E-state index in [9.17, 15) is 4.79 Å². The summed E-state index contributed by atoms with van der Waals surface area (Å²) in [5.41, 5.74) is 0.733. The van der Waals surface area contributed by atoms with Crippen LogP contribution in [0.25, 0.3) is 0 Å². The first kappa shape index (κ1) is 13.0. The fourth-order valence-corrected chi connectivity index (χ4v) is 2.54. The lowest BCUT2D eigenvalue weighted by Gasteiger charge is -2.35. The van der Waals surface area contributed by atoms with Crippen LogP contribution in [0, 0.1) is 5.41 Å². The third-order valence-corrected chi connectivity index (χ3v) is 3.53. The molecular weight excluding hydrogens is 228 g/mol. The monoisotopic (exact) mass is 248 g/mol. The van der Waals surface area contributed by atoms with Gasteiger partial charge in [0.05, 0.1) is 12.0 Å². The molecule has 1 fully saturated rings. The molecule has 0 unspecified atom stereocenters. The second-order valence-electron chi connectivity index (χ2n) is 4.79. The van der Waals surface area contributed by atoms with Crippen LogP contribution in [0.4, 0.5) is 0 Å². The molecule has 18 heavy (non-hydrogen) atoms. The maximum atomic E-state index is 12.3. The summed E-state index contributed by atoms with van der Waals surface area (Å²) < 4.78 is 5.27. The zero-order valence-electron chi connectivity index (χ0n) is 10.8. The maximum Gasteiger partial charge on any atom is 0.312 e. The number of carbonyl (C=O) groups is 1. The zero-order chi connectivity index (χ0) is 12.8. The summed E-state index contributed by atoms with van der Waals surface area (Å²) >= 11 is 0. The van der Waals surface area contributed by atoms with Crippen molar-refractivity contribution < 1.29 is 9.53 Å². The van der Waals surface area contributed by atoms with Crippen molar-refractivity contribution >= 4 is 5.97 Å². The van der Waals surface area contributed by atoms with Crippen molar-refractivity contribution in [2.24, 2.45) is 5.41 Å². The molecule has 0 radical (unpaired) electrons. The summed E-state index contributed by atoms with van der Waals surface area (Å²) in [6.45, 7) is 4.05. The number of pyridine rings is 1. The minimum atomic E-state index is -0.371. The van der Waals surface area contributed by atoms with E-state index in [4.69, 9.17) is 4.74 Å². The Morgan fingerprint density at radius 2 is 2.28 bits per heavy atom. The summed E-state index contributed by atoms with van der Waals surface area (Å²) in [5.74, 6) is -0.0599. The number of carbonyl (C=O) groups excluding carboxylic acids is 1. The van der Waals surface area contributed by atoms with Crippen LogP contribution in [-0.2, 0) is 16.0 Å². The molecule has 0 spiro atoms. The highest BCUT2D eigenvalue weighted by Gasteiger charge is 2.40. The number of rotatable bonds is 4. The molecule has 1 aliphatic rings. The Bertz CT molecular complexity index is 386. The fourth-order valence-electron chi connectivity index (χ4n) is 2.54. The highest BCUT2D eigenvalue weighted by Crippen LogP contribution is 2.34. The average molecular weight is 248 g/mol. The third kappa shape index (κ3) is 2.88. The Morgan fingerprint density at radius 1 is 1.50 bits per heavy atom. The summed E-state index contributed by atoms with van der Waals surface area (Å²) in [6.07, 6.45) is 5.98. The number of nitrogens with zero attached hydrogens (tertiary/aromatic N) is 1. The SMILES string of the molecule is CCOC(=O)C1(Cc2cccnc2)CCNCC1. The van der Waals surface area contributed by atoms with Gasteiger partial charge in [0.1, 0.15) is 0 Å². The Kier molecular flexibility index (Phi) is 4.31. The standard InChI is InChI=1S/C14H20N2O2/c1-2-18-13(17)14(5-8-15-9-6-14)10-12-4-3-7-16-11-12/h3-4,7,11,15H,2,5-6,8-10H2,1H3.